The summed E-state index contributed by atoms with van der Waals surface area (Å²) in [6.45, 7) is 2.89. The molecule has 9 heteroatoms. The number of rotatable bonds is 16. The van der Waals surface area contributed by atoms with Gasteiger partial charge >= 0.3 is 0 Å². The second-order valence-electron chi connectivity index (χ2n) is 10.8. The van der Waals surface area contributed by atoms with Gasteiger partial charge < -0.3 is 15.0 Å². The topological polar surface area (TPSA) is 105 Å². The van der Waals surface area contributed by atoms with Crippen LogP contribution in [0.15, 0.2) is 83.8 Å². The lowest BCUT2D eigenvalue weighted by atomic mass is 10.0. The number of ether oxygens (including phenoxy) is 1. The summed E-state index contributed by atoms with van der Waals surface area (Å²) in [6.07, 6.45) is 4.54. The van der Waals surface area contributed by atoms with Crippen LogP contribution in [-0.2, 0) is 39.0 Å². The number of sulfonamides is 1. The maximum Gasteiger partial charge on any atom is 0.243 e. The first-order chi connectivity index (χ1) is 20.3. The lowest BCUT2D eigenvalue weighted by Gasteiger charge is -2.32. The number of unbranched alkanes of at least 4 members (excludes halogenated alkanes) is 1. The van der Waals surface area contributed by atoms with Crippen LogP contribution in [0.2, 0.25) is 0 Å². The molecule has 3 aromatic carbocycles. The third-order valence-electron chi connectivity index (χ3n) is 7.37. The number of carbonyl (C=O) groups is 2. The fourth-order valence-corrected chi connectivity index (χ4v) is 6.01. The second kappa shape index (κ2) is 15.0. The summed E-state index contributed by atoms with van der Waals surface area (Å²) in [7, 11) is -1.93. The first kappa shape index (κ1) is 31.3. The van der Waals surface area contributed by atoms with E-state index in [2.05, 4.69) is 17.0 Å². The van der Waals surface area contributed by atoms with Crippen LogP contribution in [0.3, 0.4) is 0 Å². The number of amides is 2. The van der Waals surface area contributed by atoms with Gasteiger partial charge in [-0.1, -0.05) is 67.9 Å². The highest BCUT2D eigenvalue weighted by atomic mass is 32.2. The molecular formula is C33H41N3O5S. The van der Waals surface area contributed by atoms with Crippen molar-refractivity contribution in [2.45, 2.75) is 75.4 Å². The highest BCUT2D eigenvalue weighted by Crippen LogP contribution is 2.23. The molecular weight excluding hydrogens is 550 g/mol. The van der Waals surface area contributed by atoms with Crippen LogP contribution >= 0.6 is 0 Å². The molecule has 1 unspecified atom stereocenters. The molecule has 1 saturated carbocycles. The number of methoxy groups -OCH3 is 1. The van der Waals surface area contributed by atoms with Gasteiger partial charge in [-0.25, -0.2) is 13.1 Å². The fourth-order valence-electron chi connectivity index (χ4n) is 4.71. The largest absolute Gasteiger partial charge is 0.497 e. The van der Waals surface area contributed by atoms with E-state index in [4.69, 9.17) is 4.74 Å². The van der Waals surface area contributed by atoms with E-state index < -0.39 is 16.1 Å². The third-order valence-corrected chi connectivity index (χ3v) is 8.91. The number of nitrogens with one attached hydrogen (secondary N) is 2. The summed E-state index contributed by atoms with van der Waals surface area (Å²) in [5.41, 5.74) is 2.71. The van der Waals surface area contributed by atoms with Gasteiger partial charge in [-0.3, -0.25) is 9.59 Å². The molecule has 0 saturated heterocycles. The Morgan fingerprint density at radius 3 is 2.21 bits per heavy atom. The Hall–Kier alpha value is -3.69. The predicted octanol–water partition coefficient (Wildman–Crippen LogP) is 4.62. The molecule has 1 aliphatic carbocycles. The van der Waals surface area contributed by atoms with E-state index >= 15 is 0 Å². The highest BCUT2D eigenvalue weighted by Gasteiger charge is 2.30. The lowest BCUT2D eigenvalue weighted by molar-refractivity contribution is -0.141. The molecule has 0 aliphatic heterocycles. The molecule has 1 aliphatic rings. The number of hydrogen-bond donors (Lipinski definition) is 2. The number of benzene rings is 3. The van der Waals surface area contributed by atoms with Crippen molar-refractivity contribution in [3.05, 3.63) is 95.6 Å². The molecule has 0 bridgehead atoms. The van der Waals surface area contributed by atoms with Gasteiger partial charge in [-0.2, -0.15) is 0 Å². The van der Waals surface area contributed by atoms with E-state index in [0.717, 1.165) is 42.4 Å². The van der Waals surface area contributed by atoms with Gasteiger partial charge in [0.1, 0.15) is 11.8 Å². The molecule has 1 atom stereocenters. The number of carbonyl (C=O) groups excluding carboxylic acids is 2. The minimum absolute atomic E-state index is 0.0342. The van der Waals surface area contributed by atoms with E-state index in [1.165, 1.54) is 0 Å². The van der Waals surface area contributed by atoms with Gasteiger partial charge in [-0.05, 0) is 66.6 Å². The van der Waals surface area contributed by atoms with Crippen molar-refractivity contribution in [1.82, 2.24) is 14.9 Å². The molecule has 8 nitrogen and oxygen atoms in total. The summed E-state index contributed by atoms with van der Waals surface area (Å²) in [5, 5.41) is 3.04. The van der Waals surface area contributed by atoms with Crippen molar-refractivity contribution in [2.75, 3.05) is 13.7 Å². The van der Waals surface area contributed by atoms with Crippen LogP contribution < -0.4 is 14.8 Å². The molecule has 1 fully saturated rings. The Morgan fingerprint density at radius 2 is 1.60 bits per heavy atom. The fraction of sp³-hybridized carbons (Fsp3) is 0.394. The van der Waals surface area contributed by atoms with Crippen LogP contribution in [0.5, 0.6) is 5.75 Å². The van der Waals surface area contributed by atoms with Crippen molar-refractivity contribution in [2.24, 2.45) is 0 Å². The zero-order valence-electron chi connectivity index (χ0n) is 24.4. The maximum absolute atomic E-state index is 13.9. The minimum atomic E-state index is -3.54. The van der Waals surface area contributed by atoms with E-state index in [0.29, 0.717) is 25.1 Å². The molecule has 4 rings (SSSR count). The van der Waals surface area contributed by atoms with Crippen LogP contribution in [0.1, 0.15) is 55.7 Å². The second-order valence-corrected chi connectivity index (χ2v) is 12.5. The van der Waals surface area contributed by atoms with Crippen LogP contribution in [0, 0.1) is 0 Å². The van der Waals surface area contributed by atoms with Crippen molar-refractivity contribution < 1.29 is 22.7 Å². The molecule has 0 radical (unpaired) electrons. The Bertz CT molecular complexity index is 1410. The molecule has 0 spiro atoms. The van der Waals surface area contributed by atoms with Gasteiger partial charge in [0, 0.05) is 32.0 Å². The van der Waals surface area contributed by atoms with Crippen LogP contribution in [0.4, 0.5) is 0 Å². The predicted molar refractivity (Wildman–Crippen MR) is 164 cm³/mol. The van der Waals surface area contributed by atoms with Gasteiger partial charge in [0.05, 0.1) is 12.0 Å². The van der Waals surface area contributed by atoms with Gasteiger partial charge in [0.25, 0.3) is 0 Å². The summed E-state index contributed by atoms with van der Waals surface area (Å²) in [5.74, 6) is 0.393. The Labute approximate surface area is 249 Å². The lowest BCUT2D eigenvalue weighted by Crippen LogP contribution is -2.50. The van der Waals surface area contributed by atoms with Crippen molar-refractivity contribution in [3.8, 4) is 5.75 Å². The Morgan fingerprint density at radius 1 is 0.929 bits per heavy atom. The smallest absolute Gasteiger partial charge is 0.243 e. The molecule has 2 N–H and O–H groups in total. The molecule has 42 heavy (non-hydrogen) atoms. The van der Waals surface area contributed by atoms with Crippen molar-refractivity contribution in [1.29, 1.82) is 0 Å². The first-order valence-electron chi connectivity index (χ1n) is 14.6. The minimum Gasteiger partial charge on any atom is -0.497 e. The van der Waals surface area contributed by atoms with Crippen LogP contribution in [-0.4, -0.2) is 50.9 Å². The standard InChI is InChI=1S/C33H41N3O5S/c1-3-4-22-34-33(38)31(23-26-8-6-5-7-9-26)36(24-27-10-17-29(41-2)18-11-27)32(37)21-14-25-12-19-30(20-13-25)42(39,40)35-28-15-16-28/h5-13,17-20,28,31,35H,3-4,14-16,21-24H2,1-2H3,(H,34,38). The Kier molecular flexibility index (Phi) is 11.1. The highest BCUT2D eigenvalue weighted by molar-refractivity contribution is 7.89. The number of aryl methyl sites for hydroxylation is 1. The third kappa shape index (κ3) is 9.16. The zero-order valence-corrected chi connectivity index (χ0v) is 25.2. The maximum atomic E-state index is 13.9. The van der Waals surface area contributed by atoms with Crippen LogP contribution in [0.25, 0.3) is 0 Å². The molecule has 2 amide bonds. The molecule has 0 aromatic heterocycles. The summed E-state index contributed by atoms with van der Waals surface area (Å²) in [6, 6.07) is 23.2. The van der Waals surface area contributed by atoms with Gasteiger partial charge in [0.2, 0.25) is 21.8 Å². The SMILES string of the molecule is CCCCNC(=O)C(Cc1ccccc1)N(Cc1ccc(OC)cc1)C(=O)CCc1ccc(S(=O)(=O)NC2CC2)cc1. The van der Waals surface area contributed by atoms with E-state index in [-0.39, 0.29) is 35.7 Å². The first-order valence-corrected chi connectivity index (χ1v) is 16.1. The van der Waals surface area contributed by atoms with E-state index in [9.17, 15) is 18.0 Å². The van der Waals surface area contributed by atoms with Crippen molar-refractivity contribution in [3.63, 3.8) is 0 Å². The zero-order chi connectivity index (χ0) is 30.0. The summed E-state index contributed by atoms with van der Waals surface area (Å²) in [4.78, 5) is 29.3. The average molecular weight is 592 g/mol. The molecule has 3 aromatic rings. The van der Waals surface area contributed by atoms with E-state index in [1.807, 2.05) is 54.6 Å². The monoisotopic (exact) mass is 591 g/mol. The average Bonchev–Trinajstić information content (AvgIpc) is 3.82. The van der Waals surface area contributed by atoms with Gasteiger partial charge in [0.15, 0.2) is 0 Å². The molecule has 224 valence electrons. The quantitative estimate of drug-likeness (QED) is 0.237. The molecule has 0 heterocycles. The number of hydrogen-bond acceptors (Lipinski definition) is 5. The summed E-state index contributed by atoms with van der Waals surface area (Å²) < 4.78 is 33.0. The Balaban J connectivity index is 1.54. The van der Waals surface area contributed by atoms with Gasteiger partial charge in [-0.15, -0.1) is 0 Å². The van der Waals surface area contributed by atoms with Crippen molar-refractivity contribution >= 4 is 21.8 Å². The summed E-state index contributed by atoms with van der Waals surface area (Å²) >= 11 is 0. The normalized spacial score (nSPS) is 13.8. The van der Waals surface area contributed by atoms with E-state index in [1.54, 1.807) is 36.3 Å². The number of nitrogens with zero attached hydrogens (tertiary/aromatic N) is 1.